The second-order valence-corrected chi connectivity index (χ2v) is 3.72. The van der Waals surface area contributed by atoms with Crippen molar-refractivity contribution >= 4 is 5.78 Å². The minimum Gasteiger partial charge on any atom is -0.504 e. The van der Waals surface area contributed by atoms with E-state index in [4.69, 9.17) is 5.11 Å². The van der Waals surface area contributed by atoms with Gasteiger partial charge in [-0.3, -0.25) is 4.79 Å². The molecule has 0 radical (unpaired) electrons. The number of carbonyl (C=O) groups is 1. The fourth-order valence-electron chi connectivity index (χ4n) is 1.19. The maximum absolute atomic E-state index is 11.5. The SMILES string of the molecule is CC(C)CC(=O)c1ccc(O)c(O)c1. The van der Waals surface area contributed by atoms with E-state index in [1.165, 1.54) is 18.2 Å². The van der Waals surface area contributed by atoms with Crippen LogP contribution in [0, 0.1) is 5.92 Å². The van der Waals surface area contributed by atoms with Crippen LogP contribution < -0.4 is 0 Å². The molecule has 1 aromatic carbocycles. The zero-order valence-electron chi connectivity index (χ0n) is 8.32. The highest BCUT2D eigenvalue weighted by atomic mass is 16.3. The zero-order valence-corrected chi connectivity index (χ0v) is 8.32. The minimum atomic E-state index is -0.250. The van der Waals surface area contributed by atoms with Gasteiger partial charge in [-0.1, -0.05) is 13.8 Å². The highest BCUT2D eigenvalue weighted by Gasteiger charge is 2.10. The molecule has 0 fully saturated rings. The average Bonchev–Trinajstić information content (AvgIpc) is 2.08. The summed E-state index contributed by atoms with van der Waals surface area (Å²) in [5.74, 6) is -0.181. The highest BCUT2D eigenvalue weighted by Crippen LogP contribution is 2.25. The van der Waals surface area contributed by atoms with Gasteiger partial charge in [-0.15, -0.1) is 0 Å². The average molecular weight is 194 g/mol. The number of phenols is 2. The molecule has 3 nitrogen and oxygen atoms in total. The van der Waals surface area contributed by atoms with Gasteiger partial charge in [-0.2, -0.15) is 0 Å². The number of hydrogen-bond donors (Lipinski definition) is 2. The number of aromatic hydroxyl groups is 2. The quantitative estimate of drug-likeness (QED) is 0.573. The van der Waals surface area contributed by atoms with Crippen molar-refractivity contribution in [3.8, 4) is 11.5 Å². The third kappa shape index (κ3) is 2.49. The predicted octanol–water partition coefficient (Wildman–Crippen LogP) is 2.33. The Morgan fingerprint density at radius 2 is 1.93 bits per heavy atom. The molecule has 76 valence electrons. The molecule has 3 heteroatoms. The molecule has 0 saturated heterocycles. The van der Waals surface area contributed by atoms with Crippen molar-refractivity contribution in [2.45, 2.75) is 20.3 Å². The van der Waals surface area contributed by atoms with Crippen molar-refractivity contribution in [2.24, 2.45) is 5.92 Å². The van der Waals surface area contributed by atoms with E-state index in [0.29, 0.717) is 17.9 Å². The molecule has 14 heavy (non-hydrogen) atoms. The molecule has 1 aromatic rings. The Bertz CT molecular complexity index is 342. The molecule has 0 amide bonds. The smallest absolute Gasteiger partial charge is 0.163 e. The van der Waals surface area contributed by atoms with Crippen LogP contribution in [0.1, 0.15) is 30.6 Å². The molecule has 0 aliphatic carbocycles. The lowest BCUT2D eigenvalue weighted by atomic mass is 10.0. The maximum atomic E-state index is 11.5. The Hall–Kier alpha value is -1.51. The molecule has 2 N–H and O–H groups in total. The van der Waals surface area contributed by atoms with Crippen LogP contribution in [0.2, 0.25) is 0 Å². The number of Topliss-reactive ketones (excluding diaryl/α,β-unsaturated/α-hetero) is 1. The van der Waals surface area contributed by atoms with E-state index in [9.17, 15) is 9.90 Å². The largest absolute Gasteiger partial charge is 0.504 e. The van der Waals surface area contributed by atoms with E-state index in [1.54, 1.807) is 0 Å². The molecular formula is C11H14O3. The van der Waals surface area contributed by atoms with Crippen molar-refractivity contribution in [1.29, 1.82) is 0 Å². The molecule has 0 heterocycles. The van der Waals surface area contributed by atoms with Crippen molar-refractivity contribution < 1.29 is 15.0 Å². The summed E-state index contributed by atoms with van der Waals surface area (Å²) in [4.78, 5) is 11.5. The summed E-state index contributed by atoms with van der Waals surface area (Å²) in [6.45, 7) is 3.91. The van der Waals surface area contributed by atoms with Gasteiger partial charge in [0.2, 0.25) is 0 Å². The Labute approximate surface area is 83.0 Å². The minimum absolute atomic E-state index is 0.0182. The molecule has 1 rings (SSSR count). The normalized spacial score (nSPS) is 10.5. The van der Waals surface area contributed by atoms with Crippen LogP contribution in [0.25, 0.3) is 0 Å². The summed E-state index contributed by atoms with van der Waals surface area (Å²) in [6, 6.07) is 4.13. The lowest BCUT2D eigenvalue weighted by Crippen LogP contribution is -2.02. The third-order valence-corrected chi connectivity index (χ3v) is 1.89. The van der Waals surface area contributed by atoms with Gasteiger partial charge in [0.15, 0.2) is 17.3 Å². The van der Waals surface area contributed by atoms with E-state index in [1.807, 2.05) is 13.8 Å². The monoisotopic (exact) mass is 194 g/mol. The van der Waals surface area contributed by atoms with Crippen LogP contribution in [0.3, 0.4) is 0 Å². The molecular weight excluding hydrogens is 180 g/mol. The van der Waals surface area contributed by atoms with Crippen LogP contribution in [-0.4, -0.2) is 16.0 Å². The Morgan fingerprint density at radius 3 is 2.43 bits per heavy atom. The lowest BCUT2D eigenvalue weighted by molar-refractivity contribution is 0.0967. The summed E-state index contributed by atoms with van der Waals surface area (Å²) in [7, 11) is 0. The van der Waals surface area contributed by atoms with Crippen LogP contribution in [0.5, 0.6) is 11.5 Å². The fraction of sp³-hybridized carbons (Fsp3) is 0.364. The van der Waals surface area contributed by atoms with Gasteiger partial charge in [0.25, 0.3) is 0 Å². The Kier molecular flexibility index (Phi) is 3.12. The number of ketones is 1. The van der Waals surface area contributed by atoms with E-state index >= 15 is 0 Å². The maximum Gasteiger partial charge on any atom is 0.163 e. The Balaban J connectivity index is 2.86. The molecule has 0 aliphatic rings. The lowest BCUT2D eigenvalue weighted by Gasteiger charge is -2.04. The predicted molar refractivity (Wildman–Crippen MR) is 53.6 cm³/mol. The first kappa shape index (κ1) is 10.6. The summed E-state index contributed by atoms with van der Waals surface area (Å²) >= 11 is 0. The van der Waals surface area contributed by atoms with Crippen LogP contribution in [0.15, 0.2) is 18.2 Å². The van der Waals surface area contributed by atoms with Gasteiger partial charge < -0.3 is 10.2 Å². The summed E-state index contributed by atoms with van der Waals surface area (Å²) in [5, 5.41) is 18.2. The first-order chi connectivity index (χ1) is 6.50. The number of rotatable bonds is 3. The van der Waals surface area contributed by atoms with Crippen LogP contribution >= 0.6 is 0 Å². The second-order valence-electron chi connectivity index (χ2n) is 3.72. The molecule has 0 atom stereocenters. The van der Waals surface area contributed by atoms with Crippen LogP contribution in [-0.2, 0) is 0 Å². The zero-order chi connectivity index (χ0) is 10.7. The number of hydrogen-bond acceptors (Lipinski definition) is 3. The van der Waals surface area contributed by atoms with Gasteiger partial charge >= 0.3 is 0 Å². The van der Waals surface area contributed by atoms with E-state index in [2.05, 4.69) is 0 Å². The van der Waals surface area contributed by atoms with E-state index in [0.717, 1.165) is 0 Å². The molecule has 0 unspecified atom stereocenters. The van der Waals surface area contributed by atoms with Crippen molar-refractivity contribution in [3.05, 3.63) is 23.8 Å². The number of benzene rings is 1. The van der Waals surface area contributed by atoms with Crippen molar-refractivity contribution in [2.75, 3.05) is 0 Å². The highest BCUT2D eigenvalue weighted by molar-refractivity contribution is 5.96. The summed E-state index contributed by atoms with van der Waals surface area (Å²) < 4.78 is 0. The molecule has 0 aromatic heterocycles. The first-order valence-corrected chi connectivity index (χ1v) is 4.56. The summed E-state index contributed by atoms with van der Waals surface area (Å²) in [6.07, 6.45) is 0.449. The fourth-order valence-corrected chi connectivity index (χ4v) is 1.19. The van der Waals surface area contributed by atoms with Gasteiger partial charge in [0.1, 0.15) is 0 Å². The number of carbonyl (C=O) groups excluding carboxylic acids is 1. The van der Waals surface area contributed by atoms with Gasteiger partial charge in [0, 0.05) is 12.0 Å². The van der Waals surface area contributed by atoms with Gasteiger partial charge in [-0.25, -0.2) is 0 Å². The topological polar surface area (TPSA) is 57.5 Å². The summed E-state index contributed by atoms with van der Waals surface area (Å²) in [5.41, 5.74) is 0.439. The molecule has 0 bridgehead atoms. The molecule has 0 saturated carbocycles. The third-order valence-electron chi connectivity index (χ3n) is 1.89. The van der Waals surface area contributed by atoms with E-state index < -0.39 is 0 Å². The van der Waals surface area contributed by atoms with Gasteiger partial charge in [0.05, 0.1) is 0 Å². The molecule has 0 aliphatic heterocycles. The van der Waals surface area contributed by atoms with Crippen molar-refractivity contribution in [3.63, 3.8) is 0 Å². The Morgan fingerprint density at radius 1 is 1.29 bits per heavy atom. The first-order valence-electron chi connectivity index (χ1n) is 4.56. The second kappa shape index (κ2) is 4.13. The van der Waals surface area contributed by atoms with E-state index in [-0.39, 0.29) is 17.3 Å². The standard InChI is InChI=1S/C11H14O3/c1-7(2)5-10(13)8-3-4-9(12)11(14)6-8/h3-4,6-7,12,14H,5H2,1-2H3. The number of phenolic OH excluding ortho intramolecular Hbond substituents is 2. The van der Waals surface area contributed by atoms with Gasteiger partial charge in [-0.05, 0) is 24.1 Å². The van der Waals surface area contributed by atoms with Crippen LogP contribution in [0.4, 0.5) is 0 Å². The molecule has 0 spiro atoms. The van der Waals surface area contributed by atoms with Crippen molar-refractivity contribution in [1.82, 2.24) is 0 Å².